The molecule has 1 aliphatic rings. The summed E-state index contributed by atoms with van der Waals surface area (Å²) in [6.07, 6.45) is 1.83. The molecule has 0 aromatic rings. The van der Waals surface area contributed by atoms with Crippen LogP contribution < -0.4 is 0 Å². The van der Waals surface area contributed by atoms with Gasteiger partial charge in [0.2, 0.25) is 15.9 Å². The molecule has 0 aromatic carbocycles. The van der Waals surface area contributed by atoms with E-state index in [1.54, 1.807) is 13.8 Å². The first-order chi connectivity index (χ1) is 9.33. The molecule has 7 nitrogen and oxygen atoms in total. The smallest absolute Gasteiger partial charge is 0.326 e. The van der Waals surface area contributed by atoms with Crippen LogP contribution in [0.2, 0.25) is 0 Å². The maximum atomic E-state index is 12.1. The Kier molecular flexibility index (Phi) is 5.94. The normalized spacial score (nSPS) is 20.1. The van der Waals surface area contributed by atoms with Crippen LogP contribution in [0, 0.1) is 0 Å². The number of hydrogen-bond acceptors (Lipinski definition) is 4. The Labute approximate surface area is 119 Å². The van der Waals surface area contributed by atoms with Crippen LogP contribution in [0.3, 0.4) is 0 Å². The molecule has 0 spiro atoms. The van der Waals surface area contributed by atoms with Crippen molar-refractivity contribution in [1.29, 1.82) is 0 Å². The number of carboxylic acid groups (broad SMARTS) is 1. The van der Waals surface area contributed by atoms with Gasteiger partial charge in [0, 0.05) is 19.6 Å². The van der Waals surface area contributed by atoms with E-state index in [4.69, 9.17) is 5.11 Å². The van der Waals surface area contributed by atoms with Crippen molar-refractivity contribution in [2.45, 2.75) is 39.2 Å². The number of carbonyl (C=O) groups is 2. The summed E-state index contributed by atoms with van der Waals surface area (Å²) in [4.78, 5) is 24.4. The zero-order chi connectivity index (χ0) is 15.3. The number of amides is 1. The molecule has 0 aliphatic carbocycles. The monoisotopic (exact) mass is 306 g/mol. The number of carbonyl (C=O) groups excluding carboxylic acids is 1. The van der Waals surface area contributed by atoms with Crippen LogP contribution >= 0.6 is 0 Å². The first-order valence-electron chi connectivity index (χ1n) is 6.83. The fourth-order valence-electron chi connectivity index (χ4n) is 2.43. The van der Waals surface area contributed by atoms with Crippen LogP contribution in [0.25, 0.3) is 0 Å². The van der Waals surface area contributed by atoms with Crippen LogP contribution in [0.1, 0.15) is 33.1 Å². The SMILES string of the molecule is CCN(CC)S(=O)(=O)CC(=O)N1CCCCC1C(=O)O. The predicted molar refractivity (Wildman–Crippen MR) is 73.7 cm³/mol. The number of nitrogens with zero attached hydrogens (tertiary/aromatic N) is 2. The molecule has 1 amide bonds. The molecule has 20 heavy (non-hydrogen) atoms. The minimum Gasteiger partial charge on any atom is -0.480 e. The van der Waals surface area contributed by atoms with Crippen LogP contribution in [-0.2, 0) is 19.6 Å². The van der Waals surface area contributed by atoms with E-state index in [-0.39, 0.29) is 0 Å². The van der Waals surface area contributed by atoms with Crippen LogP contribution in [0.4, 0.5) is 0 Å². The summed E-state index contributed by atoms with van der Waals surface area (Å²) in [5.41, 5.74) is 0. The van der Waals surface area contributed by atoms with Gasteiger partial charge in [0.05, 0.1) is 0 Å². The van der Waals surface area contributed by atoms with Crippen molar-refractivity contribution in [1.82, 2.24) is 9.21 Å². The van der Waals surface area contributed by atoms with Crippen molar-refractivity contribution in [2.24, 2.45) is 0 Å². The van der Waals surface area contributed by atoms with Gasteiger partial charge >= 0.3 is 5.97 Å². The molecular weight excluding hydrogens is 284 g/mol. The zero-order valence-electron chi connectivity index (χ0n) is 11.9. The Morgan fingerprint density at radius 1 is 1.25 bits per heavy atom. The van der Waals surface area contributed by atoms with Gasteiger partial charge in [-0.1, -0.05) is 13.8 Å². The topological polar surface area (TPSA) is 95.0 Å². The average molecular weight is 306 g/mol. The molecule has 0 saturated carbocycles. The molecule has 0 aromatic heterocycles. The van der Waals surface area contributed by atoms with E-state index >= 15 is 0 Å². The molecule has 1 fully saturated rings. The van der Waals surface area contributed by atoms with Crippen LogP contribution in [0.5, 0.6) is 0 Å². The van der Waals surface area contributed by atoms with Gasteiger partial charge in [0.25, 0.3) is 0 Å². The molecular formula is C12H22N2O5S. The van der Waals surface area contributed by atoms with E-state index in [9.17, 15) is 18.0 Å². The summed E-state index contributed by atoms with van der Waals surface area (Å²) in [5, 5.41) is 9.10. The summed E-state index contributed by atoms with van der Waals surface area (Å²) < 4.78 is 25.3. The highest BCUT2D eigenvalue weighted by Crippen LogP contribution is 2.18. The van der Waals surface area contributed by atoms with Crippen LogP contribution in [-0.4, -0.2) is 66.0 Å². The van der Waals surface area contributed by atoms with E-state index in [1.807, 2.05) is 0 Å². The second-order valence-electron chi connectivity index (χ2n) is 4.78. The number of hydrogen-bond donors (Lipinski definition) is 1. The van der Waals surface area contributed by atoms with Gasteiger partial charge in [-0.15, -0.1) is 0 Å². The fourth-order valence-corrected chi connectivity index (χ4v) is 3.88. The Morgan fingerprint density at radius 3 is 2.35 bits per heavy atom. The largest absolute Gasteiger partial charge is 0.480 e. The Hall–Kier alpha value is -1.15. The highest BCUT2D eigenvalue weighted by Gasteiger charge is 2.34. The highest BCUT2D eigenvalue weighted by molar-refractivity contribution is 7.89. The minimum atomic E-state index is -3.67. The fraction of sp³-hybridized carbons (Fsp3) is 0.833. The summed E-state index contributed by atoms with van der Waals surface area (Å²) in [6, 6.07) is -0.900. The maximum absolute atomic E-state index is 12.1. The number of piperidine rings is 1. The maximum Gasteiger partial charge on any atom is 0.326 e. The molecule has 1 saturated heterocycles. The molecule has 0 radical (unpaired) electrons. The van der Waals surface area contributed by atoms with Crippen molar-refractivity contribution < 1.29 is 23.1 Å². The third-order valence-electron chi connectivity index (χ3n) is 3.51. The Balaban J connectivity index is 2.81. The number of aliphatic carboxylic acids is 1. The van der Waals surface area contributed by atoms with Gasteiger partial charge in [-0.25, -0.2) is 17.5 Å². The van der Waals surface area contributed by atoms with Crippen molar-refractivity contribution in [2.75, 3.05) is 25.4 Å². The highest BCUT2D eigenvalue weighted by atomic mass is 32.2. The lowest BCUT2D eigenvalue weighted by atomic mass is 10.0. The molecule has 116 valence electrons. The molecule has 1 heterocycles. The second kappa shape index (κ2) is 7.03. The van der Waals surface area contributed by atoms with Crippen molar-refractivity contribution in [3.8, 4) is 0 Å². The quantitative estimate of drug-likeness (QED) is 0.752. The number of rotatable bonds is 6. The number of carboxylic acids is 1. The van der Waals surface area contributed by atoms with Gasteiger partial charge < -0.3 is 10.0 Å². The molecule has 1 rings (SSSR count). The van der Waals surface area contributed by atoms with Crippen LogP contribution in [0.15, 0.2) is 0 Å². The van der Waals surface area contributed by atoms with E-state index in [1.165, 1.54) is 9.21 Å². The predicted octanol–water partition coefficient (Wildman–Crippen LogP) is 0.124. The Morgan fingerprint density at radius 2 is 1.85 bits per heavy atom. The summed E-state index contributed by atoms with van der Waals surface area (Å²) in [5.74, 6) is -2.35. The minimum absolute atomic E-state index is 0.300. The lowest BCUT2D eigenvalue weighted by Crippen LogP contribution is -2.51. The van der Waals surface area contributed by atoms with Crippen molar-refractivity contribution >= 4 is 21.9 Å². The number of likely N-dealkylation sites (tertiary alicyclic amines) is 1. The van der Waals surface area contributed by atoms with Crippen molar-refractivity contribution in [3.05, 3.63) is 0 Å². The molecule has 1 unspecified atom stereocenters. The third kappa shape index (κ3) is 3.92. The average Bonchev–Trinajstić information content (AvgIpc) is 2.39. The first-order valence-corrected chi connectivity index (χ1v) is 8.44. The molecule has 0 bridgehead atoms. The van der Waals surface area contributed by atoms with E-state index in [2.05, 4.69) is 0 Å². The van der Waals surface area contributed by atoms with Gasteiger partial charge in [0.1, 0.15) is 11.8 Å². The Bertz CT molecular complexity index is 458. The standard InChI is InChI=1S/C12H22N2O5S/c1-3-13(4-2)20(18,19)9-11(15)14-8-6-5-7-10(14)12(16)17/h10H,3-9H2,1-2H3,(H,16,17). The second-order valence-corrected chi connectivity index (χ2v) is 6.75. The third-order valence-corrected chi connectivity index (χ3v) is 5.43. The van der Waals surface area contributed by atoms with E-state index < -0.39 is 33.7 Å². The van der Waals surface area contributed by atoms with E-state index in [0.29, 0.717) is 32.5 Å². The molecule has 1 aliphatic heterocycles. The lowest BCUT2D eigenvalue weighted by Gasteiger charge is -2.33. The lowest BCUT2D eigenvalue weighted by molar-refractivity contribution is -0.151. The number of sulfonamides is 1. The van der Waals surface area contributed by atoms with Gasteiger partial charge in [-0.3, -0.25) is 4.79 Å². The van der Waals surface area contributed by atoms with Gasteiger partial charge in [0.15, 0.2) is 0 Å². The van der Waals surface area contributed by atoms with Gasteiger partial charge in [-0.05, 0) is 19.3 Å². The summed E-state index contributed by atoms with van der Waals surface area (Å²) in [7, 11) is -3.67. The molecule has 8 heteroatoms. The zero-order valence-corrected chi connectivity index (χ0v) is 12.7. The van der Waals surface area contributed by atoms with E-state index in [0.717, 1.165) is 6.42 Å². The first kappa shape index (κ1) is 16.9. The van der Waals surface area contributed by atoms with Gasteiger partial charge in [-0.2, -0.15) is 0 Å². The summed E-state index contributed by atoms with van der Waals surface area (Å²) >= 11 is 0. The van der Waals surface area contributed by atoms with Crippen molar-refractivity contribution in [3.63, 3.8) is 0 Å². The molecule has 1 atom stereocenters. The molecule has 1 N–H and O–H groups in total. The summed E-state index contributed by atoms with van der Waals surface area (Å²) in [6.45, 7) is 4.31.